The number of benzene rings is 2. The highest BCUT2D eigenvalue weighted by Gasteiger charge is 2.66. The molecular weight excluding hydrogens is 586 g/mol. The molecule has 2 N–H and O–H groups in total. The Morgan fingerprint density at radius 1 is 1.07 bits per heavy atom. The van der Waals surface area contributed by atoms with Crippen molar-refractivity contribution in [3.63, 3.8) is 0 Å². The van der Waals surface area contributed by atoms with Crippen LogP contribution in [0.3, 0.4) is 0 Å². The number of carbonyl (C=O) groups is 2. The second-order valence-electron chi connectivity index (χ2n) is 14.1. The normalized spacial score (nSPS) is 28.0. The largest absolute Gasteiger partial charge is 0.325 e. The minimum atomic E-state index is -1.21. The summed E-state index contributed by atoms with van der Waals surface area (Å²) >= 11 is 12.6. The van der Waals surface area contributed by atoms with Crippen molar-refractivity contribution in [2.24, 2.45) is 5.41 Å². The fourth-order valence-electron chi connectivity index (χ4n) is 7.79. The van der Waals surface area contributed by atoms with E-state index in [1.807, 2.05) is 6.07 Å². The molecule has 1 spiro atoms. The van der Waals surface area contributed by atoms with Gasteiger partial charge in [-0.2, -0.15) is 0 Å². The molecule has 2 aromatic rings. The average Bonchev–Trinajstić information content (AvgIpc) is 3.70. The molecule has 6 rings (SSSR count). The van der Waals surface area contributed by atoms with Gasteiger partial charge in [-0.1, -0.05) is 62.2 Å². The summed E-state index contributed by atoms with van der Waals surface area (Å²) in [6, 6.07) is 9.91. The Morgan fingerprint density at radius 3 is 2.51 bits per heavy atom. The minimum Gasteiger partial charge on any atom is -0.325 e. The Morgan fingerprint density at radius 2 is 1.81 bits per heavy atom. The number of hydrogen-bond donors (Lipinski definition) is 2. The fraction of sp³-hybridized carbons (Fsp3) is 0.588. The highest BCUT2D eigenvalue weighted by atomic mass is 35.5. The van der Waals surface area contributed by atoms with E-state index in [-0.39, 0.29) is 22.1 Å². The molecule has 4 atom stereocenters. The number of amides is 1. The summed E-state index contributed by atoms with van der Waals surface area (Å²) in [5.74, 6) is -1.58. The second kappa shape index (κ2) is 12.1. The van der Waals surface area contributed by atoms with Crippen molar-refractivity contribution in [2.75, 3.05) is 38.0 Å². The van der Waals surface area contributed by atoms with E-state index in [9.17, 15) is 9.59 Å². The lowest BCUT2D eigenvalue weighted by Gasteiger charge is -2.37. The maximum atomic E-state index is 15.9. The van der Waals surface area contributed by atoms with Crippen LogP contribution >= 0.6 is 23.2 Å². The summed E-state index contributed by atoms with van der Waals surface area (Å²) in [7, 11) is 0. The van der Waals surface area contributed by atoms with Crippen LogP contribution in [0.2, 0.25) is 10.0 Å². The van der Waals surface area contributed by atoms with Crippen LogP contribution in [0.1, 0.15) is 76.3 Å². The van der Waals surface area contributed by atoms with Crippen molar-refractivity contribution < 1.29 is 14.0 Å². The van der Waals surface area contributed by atoms with Gasteiger partial charge in [-0.25, -0.2) is 4.39 Å². The zero-order chi connectivity index (χ0) is 30.5. The molecule has 232 valence electrons. The molecule has 0 aromatic heterocycles. The molecule has 3 aliphatic heterocycles. The molecule has 3 heterocycles. The summed E-state index contributed by atoms with van der Waals surface area (Å²) in [4.78, 5) is 33.5. The molecule has 0 unspecified atom stereocenters. The second-order valence-corrected chi connectivity index (χ2v) is 15.0. The Labute approximate surface area is 264 Å². The molecule has 1 saturated carbocycles. The van der Waals surface area contributed by atoms with Crippen molar-refractivity contribution in [1.29, 1.82) is 0 Å². The molecule has 4 aliphatic rings. The quantitative estimate of drug-likeness (QED) is 0.315. The monoisotopic (exact) mass is 628 g/mol. The van der Waals surface area contributed by atoms with Crippen LogP contribution in [0.25, 0.3) is 0 Å². The van der Waals surface area contributed by atoms with Gasteiger partial charge >= 0.3 is 0 Å². The molecular formula is C34H43Cl2FN4O2. The molecule has 0 bridgehead atoms. The number of Topliss-reactive ketones (excluding diaryl/α,β-unsaturated/α-hetero) is 1. The smallest absolute Gasteiger partial charge is 0.237 e. The summed E-state index contributed by atoms with van der Waals surface area (Å²) in [5, 5.41) is 7.13. The number of anilines is 1. The number of rotatable bonds is 9. The van der Waals surface area contributed by atoms with E-state index in [0.29, 0.717) is 29.1 Å². The number of nitrogens with one attached hydrogen (secondary N) is 2. The Hall–Kier alpha value is -2.03. The van der Waals surface area contributed by atoms with Gasteiger partial charge in [0, 0.05) is 61.3 Å². The lowest BCUT2D eigenvalue weighted by atomic mass is 9.62. The summed E-state index contributed by atoms with van der Waals surface area (Å²) < 4.78 is 15.9. The third-order valence-corrected chi connectivity index (χ3v) is 10.4. The molecule has 1 aliphatic carbocycles. The van der Waals surface area contributed by atoms with Gasteiger partial charge in [0.25, 0.3) is 0 Å². The first kappa shape index (κ1) is 31.0. The van der Waals surface area contributed by atoms with E-state index in [1.165, 1.54) is 18.9 Å². The first-order valence-corrected chi connectivity index (χ1v) is 16.5. The summed E-state index contributed by atoms with van der Waals surface area (Å²) in [5.41, 5.74) is 0.273. The SMILES string of the molecule is CC(C)(C)C[C@H]1N[C@@H](C(=O)CCCCN2CCN(C3CC3)CC2)[C@H](c2cccc(Cl)c2F)[C@@]12C(=O)Nc1cc(Cl)ccc12. The van der Waals surface area contributed by atoms with Gasteiger partial charge in [-0.05, 0) is 73.4 Å². The number of carbonyl (C=O) groups excluding carboxylic acids is 2. The van der Waals surface area contributed by atoms with Crippen LogP contribution in [0.5, 0.6) is 0 Å². The predicted octanol–water partition coefficient (Wildman–Crippen LogP) is 6.40. The molecule has 2 aromatic carbocycles. The maximum Gasteiger partial charge on any atom is 0.237 e. The van der Waals surface area contributed by atoms with Crippen LogP contribution in [-0.4, -0.2) is 72.3 Å². The number of halogens is 3. The first-order chi connectivity index (χ1) is 20.5. The number of fused-ring (bicyclic) bond motifs is 2. The molecule has 6 nitrogen and oxygen atoms in total. The summed E-state index contributed by atoms with van der Waals surface area (Å²) in [6.45, 7) is 11.8. The zero-order valence-electron chi connectivity index (χ0n) is 25.4. The van der Waals surface area contributed by atoms with E-state index in [4.69, 9.17) is 23.2 Å². The molecule has 9 heteroatoms. The van der Waals surface area contributed by atoms with E-state index in [0.717, 1.165) is 57.2 Å². The van der Waals surface area contributed by atoms with Crippen LogP contribution in [0.4, 0.5) is 10.1 Å². The van der Waals surface area contributed by atoms with Gasteiger partial charge in [0.2, 0.25) is 5.91 Å². The Bertz CT molecular complexity index is 1380. The molecule has 3 fully saturated rings. The number of unbranched alkanes of at least 4 members (excludes halogenated alkanes) is 1. The number of hydrogen-bond acceptors (Lipinski definition) is 5. The number of nitrogens with zero attached hydrogens (tertiary/aromatic N) is 2. The Balaban J connectivity index is 1.28. The lowest BCUT2D eigenvalue weighted by molar-refractivity contribution is -0.122. The van der Waals surface area contributed by atoms with E-state index in [1.54, 1.807) is 24.3 Å². The topological polar surface area (TPSA) is 64.7 Å². The molecule has 0 radical (unpaired) electrons. The van der Waals surface area contributed by atoms with Crippen molar-refractivity contribution >= 4 is 40.6 Å². The molecule has 2 saturated heterocycles. The minimum absolute atomic E-state index is 0.00826. The van der Waals surface area contributed by atoms with Crippen molar-refractivity contribution in [3.8, 4) is 0 Å². The predicted molar refractivity (Wildman–Crippen MR) is 171 cm³/mol. The van der Waals surface area contributed by atoms with Gasteiger partial charge < -0.3 is 15.5 Å². The molecule has 43 heavy (non-hydrogen) atoms. The number of piperazine rings is 1. The van der Waals surface area contributed by atoms with Crippen LogP contribution in [-0.2, 0) is 15.0 Å². The van der Waals surface area contributed by atoms with Crippen LogP contribution < -0.4 is 10.6 Å². The third-order valence-electron chi connectivity index (χ3n) is 9.90. The highest BCUT2D eigenvalue weighted by Crippen LogP contribution is 2.57. The maximum absolute atomic E-state index is 15.9. The zero-order valence-corrected chi connectivity index (χ0v) is 26.9. The van der Waals surface area contributed by atoms with Crippen LogP contribution in [0, 0.1) is 11.2 Å². The Kier molecular flexibility index (Phi) is 8.68. The highest BCUT2D eigenvalue weighted by molar-refractivity contribution is 6.31. The number of ketones is 1. The third kappa shape index (κ3) is 6.00. The van der Waals surface area contributed by atoms with Gasteiger partial charge in [-0.15, -0.1) is 0 Å². The van der Waals surface area contributed by atoms with E-state index < -0.39 is 29.2 Å². The van der Waals surface area contributed by atoms with Crippen LogP contribution in [0.15, 0.2) is 36.4 Å². The van der Waals surface area contributed by atoms with E-state index in [2.05, 4.69) is 41.2 Å². The fourth-order valence-corrected chi connectivity index (χ4v) is 8.14. The van der Waals surface area contributed by atoms with Gasteiger partial charge in [0.05, 0.1) is 11.1 Å². The summed E-state index contributed by atoms with van der Waals surface area (Å²) in [6.07, 6.45) is 5.34. The van der Waals surface area contributed by atoms with Gasteiger partial charge in [-0.3, -0.25) is 14.5 Å². The van der Waals surface area contributed by atoms with E-state index >= 15 is 4.39 Å². The van der Waals surface area contributed by atoms with Crippen molar-refractivity contribution in [1.82, 2.24) is 15.1 Å². The lowest BCUT2D eigenvalue weighted by Crippen LogP contribution is -2.49. The van der Waals surface area contributed by atoms with Gasteiger partial charge in [0.1, 0.15) is 17.0 Å². The molecule has 1 amide bonds. The average molecular weight is 630 g/mol. The van der Waals surface area contributed by atoms with Crippen molar-refractivity contribution in [2.45, 2.75) is 88.8 Å². The van der Waals surface area contributed by atoms with Crippen molar-refractivity contribution in [3.05, 3.63) is 63.4 Å². The van der Waals surface area contributed by atoms with Gasteiger partial charge in [0.15, 0.2) is 0 Å². The first-order valence-electron chi connectivity index (χ1n) is 15.8. The standard InChI is InChI=1S/C34H43Cl2FN4O2/c1-33(2,3)20-28-34(24-13-10-21(35)19-26(24)38-32(34)43)29(23-7-6-8-25(36)30(23)37)31(39-28)27(42)9-4-5-14-40-15-17-41(18-16-40)22-11-12-22/h6-8,10,13,19,22,28-29,31,39H,4-5,9,11-12,14-18,20H2,1-3H3,(H,38,43)/t28-,29+,31+,34+/m1/s1.